The van der Waals surface area contributed by atoms with Crippen LogP contribution in [0.1, 0.15) is 28.4 Å². The van der Waals surface area contributed by atoms with E-state index in [-0.39, 0.29) is 17.9 Å². The number of hydrogen-bond donors (Lipinski definition) is 2. The highest BCUT2D eigenvalue weighted by atomic mass is 127. The Morgan fingerprint density at radius 1 is 1.15 bits per heavy atom. The number of benzene rings is 2. The summed E-state index contributed by atoms with van der Waals surface area (Å²) in [6, 6.07) is 9.05. The number of hydrogen-bond acceptors (Lipinski definition) is 7. The fourth-order valence-electron chi connectivity index (χ4n) is 3.05. The minimum Gasteiger partial charge on any atom is -0.490 e. The van der Waals surface area contributed by atoms with Gasteiger partial charge >= 0.3 is 18.0 Å². The molecular formula is C23H21IN2O8. The van der Waals surface area contributed by atoms with Gasteiger partial charge in [0.05, 0.1) is 22.9 Å². The largest absolute Gasteiger partial charge is 0.490 e. The smallest absolute Gasteiger partial charge is 0.335 e. The maximum absolute atomic E-state index is 12.5. The number of esters is 1. The number of carbonyl (C=O) groups excluding carboxylic acids is 3. The normalized spacial score (nSPS) is 14.2. The minimum absolute atomic E-state index is 0.0133. The number of nitrogens with one attached hydrogen (secondary N) is 1. The van der Waals surface area contributed by atoms with Crippen LogP contribution >= 0.6 is 22.6 Å². The number of ether oxygens (including phenoxy) is 3. The molecule has 3 rings (SSSR count). The van der Waals surface area contributed by atoms with Crippen LogP contribution in [-0.4, -0.2) is 54.1 Å². The summed E-state index contributed by atoms with van der Waals surface area (Å²) < 4.78 is 16.9. The van der Waals surface area contributed by atoms with Crippen LogP contribution in [0.15, 0.2) is 42.1 Å². The topological polar surface area (TPSA) is 131 Å². The predicted octanol–water partition coefficient (Wildman–Crippen LogP) is 3.03. The van der Waals surface area contributed by atoms with Gasteiger partial charge in [-0.05, 0) is 71.0 Å². The van der Waals surface area contributed by atoms with E-state index in [9.17, 15) is 19.2 Å². The fourth-order valence-corrected chi connectivity index (χ4v) is 3.83. The van der Waals surface area contributed by atoms with Crippen molar-refractivity contribution in [1.29, 1.82) is 0 Å². The monoisotopic (exact) mass is 580 g/mol. The highest BCUT2D eigenvalue weighted by Crippen LogP contribution is 2.35. The molecule has 1 heterocycles. The Morgan fingerprint density at radius 2 is 1.85 bits per heavy atom. The van der Waals surface area contributed by atoms with E-state index in [0.29, 0.717) is 27.2 Å². The van der Waals surface area contributed by atoms with Crippen LogP contribution in [0.5, 0.6) is 11.5 Å². The zero-order valence-electron chi connectivity index (χ0n) is 18.3. The molecule has 1 aliphatic rings. The van der Waals surface area contributed by atoms with Crippen molar-refractivity contribution in [3.8, 4) is 11.5 Å². The number of urea groups is 1. The van der Waals surface area contributed by atoms with Crippen LogP contribution in [0.3, 0.4) is 0 Å². The Labute approximate surface area is 208 Å². The maximum Gasteiger partial charge on any atom is 0.335 e. The van der Waals surface area contributed by atoms with Crippen LogP contribution in [0.2, 0.25) is 0 Å². The molecule has 2 aromatic rings. The van der Waals surface area contributed by atoms with Crippen molar-refractivity contribution >= 4 is 52.5 Å². The van der Waals surface area contributed by atoms with E-state index in [1.165, 1.54) is 25.3 Å². The maximum atomic E-state index is 12.5. The summed E-state index contributed by atoms with van der Waals surface area (Å²) in [6.45, 7) is 1.88. The van der Waals surface area contributed by atoms with E-state index in [4.69, 9.17) is 14.6 Å². The summed E-state index contributed by atoms with van der Waals surface area (Å²) in [5.41, 5.74) is 1.55. The summed E-state index contributed by atoms with van der Waals surface area (Å²) in [5, 5.41) is 11.5. The van der Waals surface area contributed by atoms with Gasteiger partial charge in [0.2, 0.25) is 0 Å². The lowest BCUT2D eigenvalue weighted by atomic mass is 10.1. The molecule has 0 atom stereocenters. The van der Waals surface area contributed by atoms with Crippen molar-refractivity contribution in [2.75, 3.05) is 20.3 Å². The van der Waals surface area contributed by atoms with Crippen molar-refractivity contribution < 1.29 is 38.5 Å². The first-order valence-electron chi connectivity index (χ1n) is 10.1. The van der Waals surface area contributed by atoms with E-state index in [1.54, 1.807) is 24.3 Å². The van der Waals surface area contributed by atoms with Gasteiger partial charge in [0, 0.05) is 0 Å². The molecule has 11 heteroatoms. The SMILES string of the molecule is CCOc1cc(/C=C2/NC(=O)N(CC(=O)OC)C2=O)cc(I)c1OCc1ccc(C(=O)O)cc1. The Kier molecular flexibility index (Phi) is 8.10. The van der Waals surface area contributed by atoms with Crippen molar-refractivity contribution in [3.05, 3.63) is 62.4 Å². The average molecular weight is 580 g/mol. The Bertz CT molecular complexity index is 1160. The summed E-state index contributed by atoms with van der Waals surface area (Å²) in [6.07, 6.45) is 1.48. The van der Waals surface area contributed by atoms with E-state index in [1.807, 2.05) is 6.92 Å². The molecule has 2 aromatic carbocycles. The number of imide groups is 1. The fraction of sp³-hybridized carbons (Fsp3) is 0.217. The molecule has 0 aliphatic carbocycles. The van der Waals surface area contributed by atoms with E-state index in [2.05, 4.69) is 32.6 Å². The number of carboxylic acid groups (broad SMARTS) is 1. The summed E-state index contributed by atoms with van der Waals surface area (Å²) in [7, 11) is 1.17. The first kappa shape index (κ1) is 25.0. The number of amides is 3. The number of halogens is 1. The second-order valence-electron chi connectivity index (χ2n) is 7.01. The lowest BCUT2D eigenvalue weighted by Gasteiger charge is -2.15. The van der Waals surface area contributed by atoms with E-state index >= 15 is 0 Å². The van der Waals surface area contributed by atoms with Crippen LogP contribution in [-0.2, 0) is 20.9 Å². The Morgan fingerprint density at radius 3 is 2.47 bits per heavy atom. The summed E-state index contributed by atoms with van der Waals surface area (Å²) in [4.78, 5) is 47.8. The molecule has 3 amide bonds. The zero-order chi connectivity index (χ0) is 24.8. The molecule has 34 heavy (non-hydrogen) atoms. The van der Waals surface area contributed by atoms with Gasteiger partial charge in [-0.2, -0.15) is 0 Å². The highest BCUT2D eigenvalue weighted by molar-refractivity contribution is 14.1. The molecule has 0 saturated carbocycles. The van der Waals surface area contributed by atoms with Crippen molar-refractivity contribution in [1.82, 2.24) is 10.2 Å². The third kappa shape index (κ3) is 5.84. The number of methoxy groups -OCH3 is 1. The number of nitrogens with zero attached hydrogens (tertiary/aromatic N) is 1. The van der Waals surface area contributed by atoms with Crippen molar-refractivity contribution in [2.45, 2.75) is 13.5 Å². The van der Waals surface area contributed by atoms with Crippen LogP contribution in [0, 0.1) is 3.57 Å². The first-order valence-corrected chi connectivity index (χ1v) is 11.1. The van der Waals surface area contributed by atoms with Gasteiger partial charge in [-0.1, -0.05) is 12.1 Å². The summed E-state index contributed by atoms with van der Waals surface area (Å²) in [5.74, 6) is -1.44. The molecule has 0 spiro atoms. The van der Waals surface area contributed by atoms with Crippen molar-refractivity contribution in [2.24, 2.45) is 0 Å². The first-order chi connectivity index (χ1) is 16.2. The van der Waals surface area contributed by atoms with Crippen LogP contribution < -0.4 is 14.8 Å². The molecule has 1 saturated heterocycles. The third-order valence-corrected chi connectivity index (χ3v) is 5.51. The second-order valence-corrected chi connectivity index (χ2v) is 8.17. The van der Waals surface area contributed by atoms with Crippen LogP contribution in [0.4, 0.5) is 4.79 Å². The standard InChI is InChI=1S/C23H21IN2O8/c1-3-33-18-10-14(9-17-21(28)26(23(31)25-17)11-19(27)32-2)8-16(24)20(18)34-12-13-4-6-15(7-5-13)22(29)30/h4-10H,3,11-12H2,1-2H3,(H,25,31)(H,29,30)/b17-9+. The molecule has 10 nitrogen and oxygen atoms in total. The molecule has 0 radical (unpaired) electrons. The van der Waals surface area contributed by atoms with Gasteiger partial charge in [0.25, 0.3) is 5.91 Å². The van der Waals surface area contributed by atoms with E-state index in [0.717, 1.165) is 10.5 Å². The van der Waals surface area contributed by atoms with Gasteiger partial charge in [-0.3, -0.25) is 9.59 Å². The predicted molar refractivity (Wildman–Crippen MR) is 128 cm³/mol. The second kappa shape index (κ2) is 11.0. The Balaban J connectivity index is 1.82. The molecule has 2 N–H and O–H groups in total. The lowest BCUT2D eigenvalue weighted by Crippen LogP contribution is -2.36. The number of aromatic carboxylic acids is 1. The van der Waals surface area contributed by atoms with Gasteiger partial charge in [0.1, 0.15) is 18.8 Å². The van der Waals surface area contributed by atoms with Crippen molar-refractivity contribution in [3.63, 3.8) is 0 Å². The number of rotatable bonds is 9. The van der Waals surface area contributed by atoms with E-state index < -0.39 is 30.4 Å². The van der Waals surface area contributed by atoms with Gasteiger partial charge < -0.3 is 24.6 Å². The number of carboxylic acids is 1. The molecule has 178 valence electrons. The van der Waals surface area contributed by atoms with Gasteiger partial charge in [0.15, 0.2) is 11.5 Å². The molecule has 0 aromatic heterocycles. The van der Waals surface area contributed by atoms with Gasteiger partial charge in [-0.15, -0.1) is 0 Å². The average Bonchev–Trinajstić information content (AvgIpc) is 3.06. The third-order valence-electron chi connectivity index (χ3n) is 4.70. The van der Waals surface area contributed by atoms with Gasteiger partial charge in [-0.25, -0.2) is 14.5 Å². The minimum atomic E-state index is -1.00. The highest BCUT2D eigenvalue weighted by Gasteiger charge is 2.35. The molecular weight excluding hydrogens is 559 g/mol. The lowest BCUT2D eigenvalue weighted by molar-refractivity contribution is -0.143. The molecule has 1 fully saturated rings. The summed E-state index contributed by atoms with van der Waals surface area (Å²) >= 11 is 2.07. The molecule has 1 aliphatic heterocycles. The molecule has 0 unspecified atom stereocenters. The molecule has 0 bridgehead atoms. The quantitative estimate of drug-likeness (QED) is 0.200. The number of carbonyl (C=O) groups is 4. The zero-order valence-corrected chi connectivity index (χ0v) is 20.5. The Hall–Kier alpha value is -3.61. The van der Waals surface area contributed by atoms with Crippen LogP contribution in [0.25, 0.3) is 6.08 Å².